The first-order valence-corrected chi connectivity index (χ1v) is 8.02. The van der Waals surface area contributed by atoms with Crippen LogP contribution in [-0.4, -0.2) is 16.3 Å². The van der Waals surface area contributed by atoms with E-state index in [1.165, 1.54) is 40.2 Å². The Kier molecular flexibility index (Phi) is 3.75. The fraction of sp³-hybridized carbons (Fsp3) is 0.500. The van der Waals surface area contributed by atoms with Crippen molar-refractivity contribution in [3.63, 3.8) is 0 Å². The number of aryl methyl sites for hydroxylation is 3. The van der Waals surface area contributed by atoms with E-state index in [0.717, 1.165) is 25.9 Å². The van der Waals surface area contributed by atoms with Crippen LogP contribution >= 0.6 is 0 Å². The largest absolute Gasteiger partial charge is 0.366 e. The number of nitrogens with zero attached hydrogens (tertiary/aromatic N) is 3. The number of benzene rings is 1. The second-order valence-electron chi connectivity index (χ2n) is 5.96. The first-order valence-electron chi connectivity index (χ1n) is 8.02. The Labute approximate surface area is 127 Å². The summed E-state index contributed by atoms with van der Waals surface area (Å²) in [6.45, 7) is 8.78. The SMILES string of the molecule is CCc1nn(C)c(CC)c1CN1CCc2cccc(C)c21. The van der Waals surface area contributed by atoms with Crippen LogP contribution in [0, 0.1) is 6.92 Å². The van der Waals surface area contributed by atoms with Gasteiger partial charge in [-0.2, -0.15) is 5.10 Å². The molecule has 0 spiro atoms. The molecule has 3 heteroatoms. The number of anilines is 1. The van der Waals surface area contributed by atoms with Gasteiger partial charge in [-0.15, -0.1) is 0 Å². The highest BCUT2D eigenvalue weighted by Crippen LogP contribution is 2.33. The molecule has 112 valence electrons. The molecule has 2 heterocycles. The Morgan fingerprint density at radius 2 is 2.00 bits per heavy atom. The second kappa shape index (κ2) is 5.55. The standard InChI is InChI=1S/C18H25N3/c1-5-16-15(17(6-2)20(4)19-16)12-21-11-10-14-9-7-8-13(3)18(14)21/h7-9H,5-6,10-12H2,1-4H3. The van der Waals surface area contributed by atoms with Crippen molar-refractivity contribution in [2.24, 2.45) is 7.05 Å². The van der Waals surface area contributed by atoms with E-state index in [1.54, 1.807) is 0 Å². The molecule has 0 atom stereocenters. The molecule has 0 fully saturated rings. The van der Waals surface area contributed by atoms with E-state index < -0.39 is 0 Å². The number of aromatic nitrogens is 2. The molecule has 0 amide bonds. The van der Waals surface area contributed by atoms with Crippen molar-refractivity contribution in [3.05, 3.63) is 46.3 Å². The first-order chi connectivity index (χ1) is 10.2. The molecule has 0 radical (unpaired) electrons. The van der Waals surface area contributed by atoms with E-state index in [2.05, 4.69) is 55.6 Å². The quantitative estimate of drug-likeness (QED) is 0.857. The van der Waals surface area contributed by atoms with Gasteiger partial charge in [-0.25, -0.2) is 0 Å². The van der Waals surface area contributed by atoms with Crippen LogP contribution in [0.25, 0.3) is 0 Å². The highest BCUT2D eigenvalue weighted by atomic mass is 15.3. The summed E-state index contributed by atoms with van der Waals surface area (Å²) in [6.07, 6.45) is 3.23. The van der Waals surface area contributed by atoms with Gasteiger partial charge in [-0.05, 0) is 37.3 Å². The zero-order chi connectivity index (χ0) is 15.0. The van der Waals surface area contributed by atoms with Crippen LogP contribution in [-0.2, 0) is 32.9 Å². The van der Waals surface area contributed by atoms with Gasteiger partial charge >= 0.3 is 0 Å². The fourth-order valence-corrected chi connectivity index (χ4v) is 3.66. The first kappa shape index (κ1) is 14.2. The molecular formula is C18H25N3. The number of hydrogen-bond donors (Lipinski definition) is 0. The number of para-hydroxylation sites is 1. The molecule has 3 rings (SSSR count). The lowest BCUT2D eigenvalue weighted by atomic mass is 10.1. The highest BCUT2D eigenvalue weighted by Gasteiger charge is 2.23. The van der Waals surface area contributed by atoms with Crippen molar-refractivity contribution in [1.82, 2.24) is 9.78 Å². The smallest absolute Gasteiger partial charge is 0.0674 e. The zero-order valence-electron chi connectivity index (χ0n) is 13.6. The van der Waals surface area contributed by atoms with Crippen LogP contribution in [0.5, 0.6) is 0 Å². The molecule has 1 aliphatic heterocycles. The summed E-state index contributed by atoms with van der Waals surface area (Å²) in [4.78, 5) is 2.54. The molecule has 21 heavy (non-hydrogen) atoms. The maximum Gasteiger partial charge on any atom is 0.0674 e. The van der Waals surface area contributed by atoms with E-state index in [4.69, 9.17) is 5.10 Å². The summed E-state index contributed by atoms with van der Waals surface area (Å²) >= 11 is 0. The maximum absolute atomic E-state index is 4.71. The fourth-order valence-electron chi connectivity index (χ4n) is 3.66. The Morgan fingerprint density at radius 3 is 2.71 bits per heavy atom. The van der Waals surface area contributed by atoms with Gasteiger partial charge in [0, 0.05) is 37.1 Å². The van der Waals surface area contributed by atoms with Crippen LogP contribution in [0.4, 0.5) is 5.69 Å². The lowest BCUT2D eigenvalue weighted by molar-refractivity contribution is 0.702. The van der Waals surface area contributed by atoms with Crippen LogP contribution < -0.4 is 4.90 Å². The zero-order valence-corrected chi connectivity index (χ0v) is 13.6. The summed E-state index contributed by atoms with van der Waals surface area (Å²) in [5.74, 6) is 0. The van der Waals surface area contributed by atoms with Gasteiger partial charge in [-0.1, -0.05) is 32.0 Å². The summed E-state index contributed by atoms with van der Waals surface area (Å²) in [5, 5.41) is 4.71. The Morgan fingerprint density at radius 1 is 1.19 bits per heavy atom. The van der Waals surface area contributed by atoms with Crippen molar-refractivity contribution >= 4 is 5.69 Å². The molecule has 0 unspecified atom stereocenters. The molecule has 1 aliphatic rings. The van der Waals surface area contributed by atoms with Crippen LogP contribution in [0.1, 0.15) is 41.9 Å². The molecular weight excluding hydrogens is 258 g/mol. The number of rotatable bonds is 4. The van der Waals surface area contributed by atoms with Crippen molar-refractivity contribution in [2.75, 3.05) is 11.4 Å². The number of hydrogen-bond acceptors (Lipinski definition) is 2. The third kappa shape index (κ3) is 2.35. The molecule has 3 nitrogen and oxygen atoms in total. The van der Waals surface area contributed by atoms with Crippen LogP contribution in [0.3, 0.4) is 0 Å². The predicted octanol–water partition coefficient (Wildman–Crippen LogP) is 3.42. The van der Waals surface area contributed by atoms with Crippen molar-refractivity contribution in [1.29, 1.82) is 0 Å². The summed E-state index contributed by atoms with van der Waals surface area (Å²) in [5.41, 5.74) is 8.43. The van der Waals surface area contributed by atoms with E-state index in [-0.39, 0.29) is 0 Å². The monoisotopic (exact) mass is 283 g/mol. The van der Waals surface area contributed by atoms with Crippen molar-refractivity contribution in [2.45, 2.75) is 46.6 Å². The minimum Gasteiger partial charge on any atom is -0.366 e. The van der Waals surface area contributed by atoms with Crippen molar-refractivity contribution < 1.29 is 0 Å². The summed E-state index contributed by atoms with van der Waals surface area (Å²) < 4.78 is 2.07. The highest BCUT2D eigenvalue weighted by molar-refractivity contribution is 5.63. The molecule has 0 bridgehead atoms. The predicted molar refractivity (Wildman–Crippen MR) is 87.9 cm³/mol. The Bertz CT molecular complexity index is 655. The number of fused-ring (bicyclic) bond motifs is 1. The van der Waals surface area contributed by atoms with Gasteiger partial charge in [0.25, 0.3) is 0 Å². The van der Waals surface area contributed by atoms with Gasteiger partial charge in [-0.3, -0.25) is 4.68 Å². The molecule has 0 aliphatic carbocycles. The van der Waals surface area contributed by atoms with E-state index in [1.807, 2.05) is 0 Å². The molecule has 0 saturated heterocycles. The van der Waals surface area contributed by atoms with E-state index >= 15 is 0 Å². The lowest BCUT2D eigenvalue weighted by Crippen LogP contribution is -2.21. The third-order valence-corrected chi connectivity index (χ3v) is 4.67. The molecule has 0 N–H and O–H groups in total. The summed E-state index contributed by atoms with van der Waals surface area (Å²) in [7, 11) is 2.07. The minimum absolute atomic E-state index is 0.998. The molecule has 1 aromatic heterocycles. The summed E-state index contributed by atoms with van der Waals surface area (Å²) in [6, 6.07) is 6.67. The Balaban J connectivity index is 1.97. The third-order valence-electron chi connectivity index (χ3n) is 4.67. The average Bonchev–Trinajstić information content (AvgIpc) is 3.01. The normalized spacial score (nSPS) is 13.8. The van der Waals surface area contributed by atoms with Gasteiger partial charge in [0.1, 0.15) is 0 Å². The van der Waals surface area contributed by atoms with Crippen LogP contribution in [0.2, 0.25) is 0 Å². The van der Waals surface area contributed by atoms with Crippen molar-refractivity contribution in [3.8, 4) is 0 Å². The molecule has 1 aromatic carbocycles. The van der Waals surface area contributed by atoms with E-state index in [0.29, 0.717) is 0 Å². The van der Waals surface area contributed by atoms with Gasteiger partial charge in [0.05, 0.1) is 5.69 Å². The minimum atomic E-state index is 0.998. The molecule has 0 saturated carbocycles. The average molecular weight is 283 g/mol. The maximum atomic E-state index is 4.71. The lowest BCUT2D eigenvalue weighted by Gasteiger charge is -2.22. The van der Waals surface area contributed by atoms with Gasteiger partial charge in [0.2, 0.25) is 0 Å². The molecule has 2 aromatic rings. The second-order valence-corrected chi connectivity index (χ2v) is 5.96. The van der Waals surface area contributed by atoms with E-state index in [9.17, 15) is 0 Å². The van der Waals surface area contributed by atoms with Gasteiger partial charge in [0.15, 0.2) is 0 Å². The Hall–Kier alpha value is -1.77. The topological polar surface area (TPSA) is 21.1 Å². The van der Waals surface area contributed by atoms with Crippen LogP contribution in [0.15, 0.2) is 18.2 Å². The van der Waals surface area contributed by atoms with Gasteiger partial charge < -0.3 is 4.90 Å².